The molecule has 0 aromatic rings. The van der Waals surface area contributed by atoms with Crippen molar-refractivity contribution in [2.45, 2.75) is 24.9 Å². The summed E-state index contributed by atoms with van der Waals surface area (Å²) in [5.41, 5.74) is 0. The van der Waals surface area contributed by atoms with Crippen molar-refractivity contribution in [1.29, 1.82) is 0 Å². The molecule has 2 aliphatic rings. The van der Waals surface area contributed by atoms with Gasteiger partial charge < -0.3 is 9.64 Å². The van der Waals surface area contributed by atoms with E-state index in [1.807, 2.05) is 27.5 Å². The summed E-state index contributed by atoms with van der Waals surface area (Å²) in [6.07, 6.45) is 2.25. The predicted molar refractivity (Wildman–Crippen MR) is 48.9 cm³/mol. The number of morpholine rings is 1. The van der Waals surface area contributed by atoms with Gasteiger partial charge in [0.05, 0.1) is 25.3 Å². The van der Waals surface area contributed by atoms with Gasteiger partial charge in [-0.05, 0) is 12.8 Å². The highest BCUT2D eigenvalue weighted by Crippen LogP contribution is 2.30. The van der Waals surface area contributed by atoms with Crippen LogP contribution in [0.15, 0.2) is 0 Å². The fourth-order valence-corrected chi connectivity index (χ4v) is 2.70. The number of rotatable bonds is 0. The van der Waals surface area contributed by atoms with Gasteiger partial charge in [0.15, 0.2) is 0 Å². The summed E-state index contributed by atoms with van der Waals surface area (Å²) >= 11 is 1.86. The van der Waals surface area contributed by atoms with Crippen LogP contribution in [-0.4, -0.2) is 34.1 Å². The van der Waals surface area contributed by atoms with Gasteiger partial charge in [0, 0.05) is 22.6 Å². The average Bonchev–Trinajstić information content (AvgIpc) is 2.23. The fraction of sp³-hybridized carbons (Fsp3) is 0.857. The Morgan fingerprint density at radius 2 is 1.91 bits per heavy atom. The largest absolute Gasteiger partial charge is 0.377 e. The summed E-state index contributed by atoms with van der Waals surface area (Å²) in [6, 6.07) is 0.747. The van der Waals surface area contributed by atoms with Gasteiger partial charge in [-0.3, -0.25) is 4.79 Å². The first-order valence-electron chi connectivity index (χ1n) is 3.84. The maximum Gasteiger partial charge on any atom is 0.283 e. The van der Waals surface area contributed by atoms with Crippen molar-refractivity contribution in [3.8, 4) is 0 Å². The summed E-state index contributed by atoms with van der Waals surface area (Å²) in [4.78, 5) is 13.1. The van der Waals surface area contributed by atoms with Crippen molar-refractivity contribution < 1.29 is 9.53 Å². The third kappa shape index (κ3) is 1.26. The molecule has 2 unspecified atom stereocenters. The zero-order chi connectivity index (χ0) is 7.84. The highest BCUT2D eigenvalue weighted by Gasteiger charge is 2.39. The molecule has 0 radical (unpaired) electrons. The molecule has 2 atom stereocenters. The van der Waals surface area contributed by atoms with Crippen LogP contribution >= 0.6 is 22.6 Å². The summed E-state index contributed by atoms with van der Waals surface area (Å²) < 4.78 is 5.52. The molecule has 62 valence electrons. The van der Waals surface area contributed by atoms with Crippen LogP contribution < -0.4 is 0 Å². The van der Waals surface area contributed by atoms with Gasteiger partial charge in [0.1, 0.15) is 0 Å². The average molecular weight is 267 g/mol. The van der Waals surface area contributed by atoms with Gasteiger partial charge >= 0.3 is 0 Å². The number of nitrogens with zero attached hydrogens (tertiary/aromatic N) is 1. The normalized spacial score (nSPS) is 35.9. The third-order valence-corrected chi connectivity index (χ3v) is 3.00. The van der Waals surface area contributed by atoms with E-state index in [9.17, 15) is 4.79 Å². The van der Waals surface area contributed by atoms with Crippen molar-refractivity contribution >= 4 is 26.5 Å². The van der Waals surface area contributed by atoms with Crippen molar-refractivity contribution in [2.24, 2.45) is 0 Å². The van der Waals surface area contributed by atoms with Gasteiger partial charge in [-0.1, -0.05) is 0 Å². The Labute approximate surface area is 79.2 Å². The third-order valence-electron chi connectivity index (χ3n) is 2.44. The Bertz CT molecular complexity index is 169. The molecule has 1 amide bonds. The van der Waals surface area contributed by atoms with E-state index >= 15 is 0 Å². The molecule has 0 aromatic heterocycles. The lowest BCUT2D eigenvalue weighted by Gasteiger charge is -2.32. The van der Waals surface area contributed by atoms with Gasteiger partial charge in [-0.2, -0.15) is 0 Å². The molecule has 11 heavy (non-hydrogen) atoms. The lowest BCUT2D eigenvalue weighted by Crippen LogP contribution is -2.46. The van der Waals surface area contributed by atoms with Crippen LogP contribution in [0.25, 0.3) is 0 Å². The number of amides is 1. The molecule has 2 saturated heterocycles. The Morgan fingerprint density at radius 1 is 1.36 bits per heavy atom. The summed E-state index contributed by atoms with van der Waals surface area (Å²) in [5.74, 6) is 0. The number of halogens is 1. The Balaban J connectivity index is 2.15. The summed E-state index contributed by atoms with van der Waals surface area (Å²) in [6.45, 7) is 1.48. The second-order valence-electron chi connectivity index (χ2n) is 3.08. The van der Waals surface area contributed by atoms with E-state index in [-0.39, 0.29) is 3.91 Å². The Kier molecular flexibility index (Phi) is 2.05. The highest BCUT2D eigenvalue weighted by atomic mass is 127. The van der Waals surface area contributed by atoms with E-state index in [4.69, 9.17) is 4.74 Å². The van der Waals surface area contributed by atoms with E-state index in [1.165, 1.54) is 0 Å². The van der Waals surface area contributed by atoms with Crippen LogP contribution in [0.4, 0.5) is 4.79 Å². The minimum atomic E-state index is 0.179. The molecular weight excluding hydrogens is 257 g/mol. The Morgan fingerprint density at radius 3 is 2.27 bits per heavy atom. The molecule has 3 nitrogen and oxygen atoms in total. The highest BCUT2D eigenvalue weighted by molar-refractivity contribution is 14.1. The SMILES string of the molecule is O=C(I)N1C2CCC1COC2. The molecular formula is C7H10INO2. The molecule has 2 bridgehead atoms. The molecule has 0 spiro atoms. The number of carbonyl (C=O) groups is 1. The van der Waals surface area contributed by atoms with E-state index in [2.05, 4.69) is 0 Å². The molecule has 2 aliphatic heterocycles. The molecule has 0 N–H and O–H groups in total. The van der Waals surface area contributed by atoms with Gasteiger partial charge in [0.25, 0.3) is 3.91 Å². The zero-order valence-electron chi connectivity index (χ0n) is 6.12. The quantitative estimate of drug-likeness (QED) is 0.377. The smallest absolute Gasteiger partial charge is 0.283 e. The first kappa shape index (κ1) is 7.79. The van der Waals surface area contributed by atoms with Gasteiger partial charge in [0.2, 0.25) is 0 Å². The predicted octanol–water partition coefficient (Wildman–Crippen LogP) is 1.40. The summed E-state index contributed by atoms with van der Waals surface area (Å²) in [5, 5.41) is 0. The maximum atomic E-state index is 11.1. The second-order valence-corrected chi connectivity index (χ2v) is 4.01. The van der Waals surface area contributed by atoms with Gasteiger partial charge in [-0.15, -0.1) is 0 Å². The monoisotopic (exact) mass is 267 g/mol. The molecule has 0 aromatic carbocycles. The number of carbonyl (C=O) groups excluding carboxylic acids is 1. The molecule has 0 saturated carbocycles. The van der Waals surface area contributed by atoms with Crippen LogP contribution in [0, 0.1) is 0 Å². The van der Waals surface area contributed by atoms with Crippen LogP contribution in [0.5, 0.6) is 0 Å². The number of fused-ring (bicyclic) bond motifs is 2. The molecule has 2 fully saturated rings. The fourth-order valence-electron chi connectivity index (χ4n) is 1.92. The Hall–Kier alpha value is 0.160. The van der Waals surface area contributed by atoms with Crippen LogP contribution in [0.1, 0.15) is 12.8 Å². The van der Waals surface area contributed by atoms with Gasteiger partial charge in [-0.25, -0.2) is 0 Å². The molecule has 4 heteroatoms. The van der Waals surface area contributed by atoms with E-state index in [1.54, 1.807) is 0 Å². The van der Waals surface area contributed by atoms with Crippen molar-refractivity contribution in [3.05, 3.63) is 0 Å². The maximum absolute atomic E-state index is 11.1. The van der Waals surface area contributed by atoms with Crippen molar-refractivity contribution in [1.82, 2.24) is 4.90 Å². The zero-order valence-corrected chi connectivity index (χ0v) is 8.28. The lowest BCUT2D eigenvalue weighted by atomic mass is 10.2. The van der Waals surface area contributed by atoms with Crippen molar-refractivity contribution in [2.75, 3.05) is 13.2 Å². The van der Waals surface area contributed by atoms with E-state index in [0.29, 0.717) is 12.1 Å². The van der Waals surface area contributed by atoms with Crippen LogP contribution in [0.3, 0.4) is 0 Å². The van der Waals surface area contributed by atoms with Crippen LogP contribution in [0.2, 0.25) is 0 Å². The second kappa shape index (κ2) is 2.90. The summed E-state index contributed by atoms with van der Waals surface area (Å²) in [7, 11) is 0. The first-order chi connectivity index (χ1) is 5.29. The number of hydrogen-bond donors (Lipinski definition) is 0. The molecule has 2 heterocycles. The topological polar surface area (TPSA) is 29.5 Å². The standard InChI is InChI=1S/C7H10INO2/c8-7(10)9-5-1-2-6(9)4-11-3-5/h5-6H,1-4H2. The van der Waals surface area contributed by atoms with Crippen molar-refractivity contribution in [3.63, 3.8) is 0 Å². The minimum absolute atomic E-state index is 0.179. The minimum Gasteiger partial charge on any atom is -0.377 e. The number of hydrogen-bond acceptors (Lipinski definition) is 2. The van der Waals surface area contributed by atoms with E-state index < -0.39 is 0 Å². The lowest BCUT2D eigenvalue weighted by molar-refractivity contribution is 0.0131. The molecule has 0 aliphatic carbocycles. The molecule has 2 rings (SSSR count). The number of ether oxygens (including phenoxy) is 1. The first-order valence-corrected chi connectivity index (χ1v) is 4.92. The van der Waals surface area contributed by atoms with E-state index in [0.717, 1.165) is 26.1 Å². The van der Waals surface area contributed by atoms with Crippen LogP contribution in [-0.2, 0) is 4.74 Å².